The minimum absolute atomic E-state index is 0.913. The maximum atomic E-state index is 5.61. The van der Waals surface area contributed by atoms with E-state index < -0.39 is 0 Å². The summed E-state index contributed by atoms with van der Waals surface area (Å²) in [6.07, 6.45) is 3.69. The van der Waals surface area contributed by atoms with Crippen molar-refractivity contribution in [3.05, 3.63) is 213 Å². The van der Waals surface area contributed by atoms with Crippen LogP contribution in [-0.2, 0) is 0 Å². The van der Waals surface area contributed by atoms with Gasteiger partial charge in [-0.1, -0.05) is 170 Å². The van der Waals surface area contributed by atoms with Crippen LogP contribution in [0.25, 0.3) is 100.0 Å². The minimum Gasteiger partial charge on any atom is -0.254 e. The third-order valence-electron chi connectivity index (χ3n) is 10.5. The minimum atomic E-state index is 0.913. The van der Waals surface area contributed by atoms with E-state index in [4.69, 9.17) is 9.97 Å². The summed E-state index contributed by atoms with van der Waals surface area (Å²) in [5.74, 6) is 0. The van der Waals surface area contributed by atoms with Gasteiger partial charge in [0.25, 0.3) is 0 Å². The molecule has 0 saturated heterocycles. The first-order chi connectivity index (χ1) is 27.8. The SMILES string of the molecule is c1ccc(-c2nc(-c3ccccc3)c(-c3ccccc3)c(-c3cccc(-c4cccc(-c5cc6cccnc6c6ncccc56)c4)c3)c2-c2ccccc2)cc1. The summed E-state index contributed by atoms with van der Waals surface area (Å²) in [7, 11) is 0. The molecule has 10 rings (SSSR count). The molecule has 0 aliphatic heterocycles. The molecule has 0 bridgehead atoms. The van der Waals surface area contributed by atoms with E-state index in [1.165, 1.54) is 0 Å². The van der Waals surface area contributed by atoms with Gasteiger partial charge in [0.2, 0.25) is 0 Å². The molecular weight excluding hydrogens is 679 g/mol. The lowest BCUT2D eigenvalue weighted by Crippen LogP contribution is -2.01. The lowest BCUT2D eigenvalue weighted by atomic mass is 9.82. The van der Waals surface area contributed by atoms with Gasteiger partial charge in [-0.3, -0.25) is 9.97 Å². The Hall–Kier alpha value is -7.49. The third-order valence-corrected chi connectivity index (χ3v) is 10.5. The van der Waals surface area contributed by atoms with E-state index in [-0.39, 0.29) is 0 Å². The second-order valence-corrected chi connectivity index (χ2v) is 14.0. The summed E-state index contributed by atoms with van der Waals surface area (Å²) in [6.45, 7) is 0. The van der Waals surface area contributed by atoms with Crippen LogP contribution in [-0.4, -0.2) is 15.0 Å². The molecule has 0 aliphatic carbocycles. The van der Waals surface area contributed by atoms with Crippen LogP contribution in [0.3, 0.4) is 0 Å². The molecule has 56 heavy (non-hydrogen) atoms. The van der Waals surface area contributed by atoms with E-state index >= 15 is 0 Å². The number of hydrogen-bond acceptors (Lipinski definition) is 3. The first-order valence-electron chi connectivity index (χ1n) is 18.9. The van der Waals surface area contributed by atoms with Gasteiger partial charge in [-0.15, -0.1) is 0 Å². The van der Waals surface area contributed by atoms with Crippen LogP contribution < -0.4 is 0 Å². The summed E-state index contributed by atoms with van der Waals surface area (Å²) in [6, 6.07) is 71.0. The van der Waals surface area contributed by atoms with Gasteiger partial charge in [0.15, 0.2) is 0 Å². The topological polar surface area (TPSA) is 38.7 Å². The third kappa shape index (κ3) is 6.02. The molecule has 7 aromatic carbocycles. The number of hydrogen-bond donors (Lipinski definition) is 0. The summed E-state index contributed by atoms with van der Waals surface area (Å²) >= 11 is 0. The highest BCUT2D eigenvalue weighted by Gasteiger charge is 2.25. The Morgan fingerprint density at radius 1 is 0.286 bits per heavy atom. The number of aromatic nitrogens is 3. The predicted molar refractivity (Wildman–Crippen MR) is 233 cm³/mol. The van der Waals surface area contributed by atoms with E-state index in [2.05, 4.69) is 193 Å². The van der Waals surface area contributed by atoms with Gasteiger partial charge < -0.3 is 0 Å². The van der Waals surface area contributed by atoms with Crippen LogP contribution in [0, 0.1) is 0 Å². The number of fused-ring (bicyclic) bond motifs is 3. The fraction of sp³-hybridized carbons (Fsp3) is 0. The molecule has 0 N–H and O–H groups in total. The van der Waals surface area contributed by atoms with Crippen LogP contribution in [0.5, 0.6) is 0 Å². The Morgan fingerprint density at radius 2 is 0.732 bits per heavy atom. The molecule has 3 nitrogen and oxygen atoms in total. The van der Waals surface area contributed by atoms with E-state index in [9.17, 15) is 0 Å². The van der Waals surface area contributed by atoms with Gasteiger partial charge in [0, 0.05) is 51.0 Å². The molecule has 262 valence electrons. The summed E-state index contributed by atoms with van der Waals surface area (Å²) < 4.78 is 0. The van der Waals surface area contributed by atoms with Crippen molar-refractivity contribution >= 4 is 21.8 Å². The van der Waals surface area contributed by atoms with Crippen LogP contribution in [0.15, 0.2) is 213 Å². The van der Waals surface area contributed by atoms with Gasteiger partial charge in [0.1, 0.15) is 0 Å². The van der Waals surface area contributed by atoms with E-state index in [1.807, 2.05) is 24.5 Å². The Morgan fingerprint density at radius 3 is 1.30 bits per heavy atom. The second kappa shape index (κ2) is 14.4. The van der Waals surface area contributed by atoms with Crippen molar-refractivity contribution in [1.29, 1.82) is 0 Å². The van der Waals surface area contributed by atoms with E-state index in [0.717, 1.165) is 100.0 Å². The van der Waals surface area contributed by atoms with E-state index in [0.29, 0.717) is 0 Å². The molecule has 3 aromatic heterocycles. The maximum absolute atomic E-state index is 5.61. The lowest BCUT2D eigenvalue weighted by molar-refractivity contribution is 1.32. The molecule has 0 saturated carbocycles. The standard InChI is InChI=1S/C53H35N3/c1-5-17-36(18-6-1)48-47(49(37-19-7-2-8-20-37)51(39-23-11-4-12-24-39)56-50(48)38-21-9-3-10-22-38)43-28-14-26-41(34-43)40-25-13-27-42(33-40)46-35-44-29-15-31-54-52(44)53-45(46)30-16-32-55-53/h1-35H. The molecule has 10 aromatic rings. The van der Waals surface area contributed by atoms with Gasteiger partial charge in [-0.2, -0.15) is 0 Å². The van der Waals surface area contributed by atoms with Crippen molar-refractivity contribution in [3.8, 4) is 78.1 Å². The molecule has 0 radical (unpaired) electrons. The maximum Gasteiger partial charge on any atom is 0.0970 e. The van der Waals surface area contributed by atoms with Crippen molar-refractivity contribution in [2.45, 2.75) is 0 Å². The predicted octanol–water partition coefficient (Wildman–Crippen LogP) is 13.8. The highest BCUT2D eigenvalue weighted by Crippen LogP contribution is 2.49. The number of benzene rings is 7. The van der Waals surface area contributed by atoms with Gasteiger partial charge in [-0.05, 0) is 69.3 Å². The molecule has 0 spiro atoms. The number of pyridine rings is 3. The fourth-order valence-corrected chi connectivity index (χ4v) is 7.99. The van der Waals surface area contributed by atoms with E-state index in [1.54, 1.807) is 0 Å². The largest absolute Gasteiger partial charge is 0.254 e. The van der Waals surface area contributed by atoms with Crippen LogP contribution in [0.4, 0.5) is 0 Å². The lowest BCUT2D eigenvalue weighted by Gasteiger charge is -2.23. The zero-order chi connectivity index (χ0) is 37.3. The number of rotatable bonds is 7. The molecule has 0 fully saturated rings. The summed E-state index contributed by atoms with van der Waals surface area (Å²) in [4.78, 5) is 15.1. The molecule has 0 amide bonds. The Labute approximate surface area is 326 Å². The van der Waals surface area contributed by atoms with Gasteiger partial charge >= 0.3 is 0 Å². The molecule has 0 atom stereocenters. The quantitative estimate of drug-likeness (QED) is 0.154. The highest BCUT2D eigenvalue weighted by atomic mass is 14.7. The van der Waals surface area contributed by atoms with Crippen molar-refractivity contribution in [2.24, 2.45) is 0 Å². The molecule has 3 heterocycles. The van der Waals surface area contributed by atoms with Crippen molar-refractivity contribution in [1.82, 2.24) is 15.0 Å². The molecule has 3 heteroatoms. The first-order valence-corrected chi connectivity index (χ1v) is 18.9. The van der Waals surface area contributed by atoms with Gasteiger partial charge in [0.05, 0.1) is 22.4 Å². The van der Waals surface area contributed by atoms with Gasteiger partial charge in [-0.25, -0.2) is 4.98 Å². The fourth-order valence-electron chi connectivity index (χ4n) is 7.99. The zero-order valence-corrected chi connectivity index (χ0v) is 30.5. The zero-order valence-electron chi connectivity index (χ0n) is 30.5. The summed E-state index contributed by atoms with van der Waals surface area (Å²) in [5.41, 5.74) is 17.1. The van der Waals surface area contributed by atoms with Crippen molar-refractivity contribution < 1.29 is 0 Å². The molecule has 0 unspecified atom stereocenters. The molecule has 0 aliphatic rings. The van der Waals surface area contributed by atoms with Crippen LogP contribution in [0.2, 0.25) is 0 Å². The Balaban J connectivity index is 1.24. The van der Waals surface area contributed by atoms with Crippen LogP contribution >= 0.6 is 0 Å². The van der Waals surface area contributed by atoms with Crippen molar-refractivity contribution in [2.75, 3.05) is 0 Å². The smallest absolute Gasteiger partial charge is 0.0970 e. The second-order valence-electron chi connectivity index (χ2n) is 14.0. The average Bonchev–Trinajstić information content (AvgIpc) is 3.29. The van der Waals surface area contributed by atoms with Crippen LogP contribution in [0.1, 0.15) is 0 Å². The average molecular weight is 714 g/mol. The Kier molecular flexibility index (Phi) is 8.51. The Bertz CT molecular complexity index is 2900. The number of nitrogens with zero attached hydrogens (tertiary/aromatic N) is 3. The molecular formula is C53H35N3. The normalized spacial score (nSPS) is 11.2. The summed E-state index contributed by atoms with van der Waals surface area (Å²) in [5, 5.41) is 2.16. The van der Waals surface area contributed by atoms with Crippen molar-refractivity contribution in [3.63, 3.8) is 0 Å². The monoisotopic (exact) mass is 713 g/mol. The first kappa shape index (κ1) is 33.1. The highest BCUT2D eigenvalue weighted by molar-refractivity contribution is 6.10.